The molecule has 0 aliphatic heterocycles. The molecule has 0 spiro atoms. The Balaban J connectivity index is 1.89. The molecule has 0 unspecified atom stereocenters. The van der Waals surface area contributed by atoms with E-state index in [1.54, 1.807) is 17.8 Å². The van der Waals surface area contributed by atoms with Crippen molar-refractivity contribution in [3.05, 3.63) is 69.9 Å². The van der Waals surface area contributed by atoms with E-state index in [1.807, 2.05) is 30.3 Å². The maximum Gasteiger partial charge on any atom is 0.433 e. The molecule has 10 nitrogen and oxygen atoms in total. The Morgan fingerprint density at radius 3 is 2.82 bits per heavy atom. The first-order valence-electron chi connectivity index (χ1n) is 8.38. The van der Waals surface area contributed by atoms with Crippen LogP contribution in [0, 0.1) is 10.1 Å². The summed E-state index contributed by atoms with van der Waals surface area (Å²) in [5.74, 6) is -0.170. The molecular formula is C18H17N5O5. The van der Waals surface area contributed by atoms with Crippen molar-refractivity contribution in [3.8, 4) is 11.5 Å². The Morgan fingerprint density at radius 2 is 2.14 bits per heavy atom. The molecule has 0 bridgehead atoms. The second kappa shape index (κ2) is 8.62. The van der Waals surface area contributed by atoms with Gasteiger partial charge < -0.3 is 9.15 Å². The molecule has 0 aliphatic carbocycles. The summed E-state index contributed by atoms with van der Waals surface area (Å²) in [6.45, 7) is 2.38. The van der Waals surface area contributed by atoms with E-state index in [-0.39, 0.29) is 18.3 Å². The molecule has 0 saturated carbocycles. The molecule has 0 radical (unpaired) electrons. The summed E-state index contributed by atoms with van der Waals surface area (Å²) in [5.41, 5.74) is 4.12. The number of carbonyl (C=O) groups excluding carboxylic acids is 1. The Morgan fingerprint density at radius 1 is 1.36 bits per heavy atom. The minimum Gasteiger partial charge on any atom is -0.449 e. The number of furan rings is 1. The fourth-order valence-corrected chi connectivity index (χ4v) is 2.45. The van der Waals surface area contributed by atoms with E-state index in [0.717, 1.165) is 5.56 Å². The number of aromatic nitrogens is 2. The van der Waals surface area contributed by atoms with E-state index in [1.165, 1.54) is 18.3 Å². The number of nitrogens with zero attached hydrogens (tertiary/aromatic N) is 4. The predicted octanol–water partition coefficient (Wildman–Crippen LogP) is 3.18. The summed E-state index contributed by atoms with van der Waals surface area (Å²) in [4.78, 5) is 21.6. The van der Waals surface area contributed by atoms with Crippen molar-refractivity contribution in [2.24, 2.45) is 5.10 Å². The zero-order valence-corrected chi connectivity index (χ0v) is 14.9. The van der Waals surface area contributed by atoms with Crippen LogP contribution in [0.4, 0.5) is 10.7 Å². The highest BCUT2D eigenvalue weighted by molar-refractivity contribution is 5.88. The van der Waals surface area contributed by atoms with Crippen molar-refractivity contribution in [3.63, 3.8) is 0 Å². The molecule has 1 aromatic carbocycles. The second-order valence-electron chi connectivity index (χ2n) is 5.60. The topological polar surface area (TPSA) is 125 Å². The third-order valence-electron chi connectivity index (χ3n) is 3.62. The highest BCUT2D eigenvalue weighted by Gasteiger charge is 2.18. The third kappa shape index (κ3) is 4.61. The van der Waals surface area contributed by atoms with Gasteiger partial charge in [0.05, 0.1) is 25.4 Å². The minimum absolute atomic E-state index is 0.219. The summed E-state index contributed by atoms with van der Waals surface area (Å²) in [6.07, 6.45) is 2.38. The molecular weight excluding hydrogens is 366 g/mol. The standard InChI is InChI=1S/C18H17N5O5/c1-2-27-18(24)20-19-10-14-12-22(11-13-6-4-3-5-7-13)21-17(14)15-8-9-16(28-15)23(25)26/h3-10,12H,2,11H2,1H3,(H,20,24)/b19-10+. The summed E-state index contributed by atoms with van der Waals surface area (Å²) in [6, 6.07) is 12.4. The number of carbonyl (C=O) groups is 1. The summed E-state index contributed by atoms with van der Waals surface area (Å²) in [7, 11) is 0. The fourth-order valence-electron chi connectivity index (χ4n) is 2.45. The number of nitrogens with one attached hydrogen (secondary N) is 1. The average molecular weight is 383 g/mol. The van der Waals surface area contributed by atoms with Crippen molar-refractivity contribution in [1.29, 1.82) is 0 Å². The highest BCUT2D eigenvalue weighted by atomic mass is 16.6. The van der Waals surface area contributed by atoms with Gasteiger partial charge in [0.1, 0.15) is 10.6 Å². The monoisotopic (exact) mass is 383 g/mol. The minimum atomic E-state index is -0.689. The molecule has 3 aromatic rings. The van der Waals surface area contributed by atoms with E-state index in [4.69, 9.17) is 9.15 Å². The number of nitro groups is 1. The van der Waals surface area contributed by atoms with Crippen LogP contribution in [-0.2, 0) is 11.3 Å². The van der Waals surface area contributed by atoms with Crippen molar-refractivity contribution in [2.75, 3.05) is 6.61 Å². The van der Waals surface area contributed by atoms with E-state index in [9.17, 15) is 14.9 Å². The first-order valence-corrected chi connectivity index (χ1v) is 8.38. The molecule has 10 heteroatoms. The number of hydrogen-bond acceptors (Lipinski definition) is 7. The van der Waals surface area contributed by atoms with Gasteiger partial charge in [-0.15, -0.1) is 0 Å². The van der Waals surface area contributed by atoms with Crippen LogP contribution in [0.15, 0.2) is 58.2 Å². The van der Waals surface area contributed by atoms with Gasteiger partial charge in [0.2, 0.25) is 0 Å². The lowest BCUT2D eigenvalue weighted by molar-refractivity contribution is -0.401. The molecule has 0 atom stereocenters. The molecule has 0 fully saturated rings. The zero-order chi connectivity index (χ0) is 19.9. The van der Waals surface area contributed by atoms with Crippen LogP contribution >= 0.6 is 0 Å². The lowest BCUT2D eigenvalue weighted by atomic mass is 10.2. The molecule has 2 heterocycles. The summed E-state index contributed by atoms with van der Waals surface area (Å²) >= 11 is 0. The van der Waals surface area contributed by atoms with E-state index >= 15 is 0 Å². The first-order chi connectivity index (χ1) is 13.6. The van der Waals surface area contributed by atoms with Gasteiger partial charge in [0.25, 0.3) is 0 Å². The maximum absolute atomic E-state index is 11.4. The SMILES string of the molecule is CCOC(=O)N/N=C/c1cn(Cc2ccccc2)nc1-c1ccc([N+](=O)[O-])o1. The largest absolute Gasteiger partial charge is 0.449 e. The zero-order valence-electron chi connectivity index (χ0n) is 14.9. The number of ether oxygens (including phenoxy) is 1. The van der Waals surface area contributed by atoms with E-state index in [2.05, 4.69) is 15.6 Å². The predicted molar refractivity (Wildman–Crippen MR) is 99.9 cm³/mol. The van der Waals surface area contributed by atoms with Crippen molar-refractivity contribution >= 4 is 18.2 Å². The summed E-state index contributed by atoms with van der Waals surface area (Å²) < 4.78 is 11.6. The van der Waals surface area contributed by atoms with Crippen LogP contribution in [0.25, 0.3) is 11.5 Å². The van der Waals surface area contributed by atoms with Crippen LogP contribution in [0.1, 0.15) is 18.1 Å². The number of hydrazone groups is 1. The summed E-state index contributed by atoms with van der Waals surface area (Å²) in [5, 5.41) is 19.2. The Bertz CT molecular complexity index is 993. The molecule has 3 rings (SSSR count). The van der Waals surface area contributed by atoms with Crippen LogP contribution in [-0.4, -0.2) is 33.6 Å². The molecule has 28 heavy (non-hydrogen) atoms. The van der Waals surface area contributed by atoms with Gasteiger partial charge in [-0.05, 0) is 18.6 Å². The highest BCUT2D eigenvalue weighted by Crippen LogP contribution is 2.27. The lowest BCUT2D eigenvalue weighted by Crippen LogP contribution is -2.18. The van der Waals surface area contributed by atoms with Gasteiger partial charge in [0, 0.05) is 11.8 Å². The van der Waals surface area contributed by atoms with Crippen molar-refractivity contribution < 1.29 is 18.9 Å². The number of amides is 1. The van der Waals surface area contributed by atoms with Gasteiger partial charge >= 0.3 is 12.0 Å². The van der Waals surface area contributed by atoms with E-state index < -0.39 is 11.0 Å². The van der Waals surface area contributed by atoms with Gasteiger partial charge in [-0.25, -0.2) is 10.2 Å². The van der Waals surface area contributed by atoms with Gasteiger partial charge in [0.15, 0.2) is 5.76 Å². The average Bonchev–Trinajstić information content (AvgIpc) is 3.30. The van der Waals surface area contributed by atoms with Crippen LogP contribution in [0.3, 0.4) is 0 Å². The van der Waals surface area contributed by atoms with Crippen LogP contribution in [0.5, 0.6) is 0 Å². The van der Waals surface area contributed by atoms with Gasteiger partial charge in [-0.3, -0.25) is 14.8 Å². The molecule has 144 valence electrons. The normalized spacial score (nSPS) is 10.9. The molecule has 1 N–H and O–H groups in total. The van der Waals surface area contributed by atoms with Gasteiger partial charge in [-0.2, -0.15) is 10.2 Å². The second-order valence-corrected chi connectivity index (χ2v) is 5.60. The lowest BCUT2D eigenvalue weighted by Gasteiger charge is -2.00. The number of benzene rings is 1. The Kier molecular flexibility index (Phi) is 5.80. The molecule has 0 saturated heterocycles. The van der Waals surface area contributed by atoms with Crippen LogP contribution < -0.4 is 5.43 Å². The third-order valence-corrected chi connectivity index (χ3v) is 3.62. The first kappa shape index (κ1) is 18.8. The van der Waals surface area contributed by atoms with Crippen molar-refractivity contribution in [2.45, 2.75) is 13.5 Å². The molecule has 0 aliphatic rings. The number of rotatable bonds is 7. The molecule has 2 aromatic heterocycles. The van der Waals surface area contributed by atoms with E-state index in [0.29, 0.717) is 17.8 Å². The quantitative estimate of drug-likeness (QED) is 0.379. The Hall–Kier alpha value is -3.95. The molecule has 1 amide bonds. The smallest absolute Gasteiger partial charge is 0.433 e. The van der Waals surface area contributed by atoms with Crippen molar-refractivity contribution in [1.82, 2.24) is 15.2 Å². The maximum atomic E-state index is 11.4. The number of hydrogen-bond donors (Lipinski definition) is 1. The Labute approximate surface area is 159 Å². The fraction of sp³-hybridized carbons (Fsp3) is 0.167. The van der Waals surface area contributed by atoms with Crippen LogP contribution in [0.2, 0.25) is 0 Å². The van der Waals surface area contributed by atoms with Gasteiger partial charge in [-0.1, -0.05) is 30.3 Å².